The van der Waals surface area contributed by atoms with Gasteiger partial charge < -0.3 is 4.74 Å². The zero-order valence-corrected chi connectivity index (χ0v) is 14.0. The summed E-state index contributed by atoms with van der Waals surface area (Å²) in [5, 5.41) is 4.44. The van der Waals surface area contributed by atoms with Crippen LogP contribution in [0, 0.1) is 0 Å². The molecule has 5 rings (SSSR count). The van der Waals surface area contributed by atoms with Crippen molar-refractivity contribution in [3.05, 3.63) is 72.2 Å². The maximum atomic E-state index is 5.83. The average Bonchev–Trinajstić information content (AvgIpc) is 3.06. The Bertz CT molecular complexity index is 918. The molecule has 126 valence electrons. The van der Waals surface area contributed by atoms with Gasteiger partial charge in [0, 0.05) is 30.5 Å². The van der Waals surface area contributed by atoms with Gasteiger partial charge in [-0.1, -0.05) is 36.4 Å². The van der Waals surface area contributed by atoms with Gasteiger partial charge in [-0.15, -0.1) is 0 Å². The van der Waals surface area contributed by atoms with E-state index in [0.717, 1.165) is 37.4 Å². The fourth-order valence-electron chi connectivity index (χ4n) is 3.96. The first-order valence-corrected chi connectivity index (χ1v) is 8.75. The fraction of sp³-hybridized carbons (Fsp3) is 0.300. The number of rotatable bonds is 3. The molecule has 1 aromatic carbocycles. The summed E-state index contributed by atoms with van der Waals surface area (Å²) in [4.78, 5) is 7.08. The van der Waals surface area contributed by atoms with E-state index < -0.39 is 0 Å². The van der Waals surface area contributed by atoms with Crippen LogP contribution >= 0.6 is 0 Å². The lowest BCUT2D eigenvalue weighted by molar-refractivity contribution is -0.0402. The van der Waals surface area contributed by atoms with Crippen LogP contribution < -0.4 is 0 Å². The molecule has 0 radical (unpaired) electrons. The summed E-state index contributed by atoms with van der Waals surface area (Å²) in [6, 6.07) is 13.3. The summed E-state index contributed by atoms with van der Waals surface area (Å²) >= 11 is 0. The Morgan fingerprint density at radius 2 is 2.04 bits per heavy atom. The standard InChI is InChI=1S/C20H20N4O/c1-2-5-15(6-3-1)12-23-17-9-16(10-18(23)14-25-13-17)19-11-22-24-8-4-7-21-20(19)24/h1-9,11,17-18H,10,12-14H2. The van der Waals surface area contributed by atoms with E-state index in [1.54, 1.807) is 0 Å². The van der Waals surface area contributed by atoms with Crippen LogP contribution in [0.5, 0.6) is 0 Å². The smallest absolute Gasteiger partial charge is 0.162 e. The second-order valence-corrected chi connectivity index (χ2v) is 6.76. The number of fused-ring (bicyclic) bond motifs is 3. The molecule has 1 saturated heterocycles. The minimum Gasteiger partial charge on any atom is -0.378 e. The number of morpholine rings is 1. The number of benzene rings is 1. The molecule has 2 aliphatic heterocycles. The normalized spacial score (nSPS) is 23.6. The molecule has 2 aliphatic rings. The molecule has 2 unspecified atom stereocenters. The molecule has 2 aromatic heterocycles. The highest BCUT2D eigenvalue weighted by Gasteiger charge is 2.35. The van der Waals surface area contributed by atoms with Gasteiger partial charge in [0.1, 0.15) is 0 Å². The second kappa shape index (κ2) is 6.10. The molecule has 0 spiro atoms. The predicted octanol–water partition coefficient (Wildman–Crippen LogP) is 2.79. The van der Waals surface area contributed by atoms with Gasteiger partial charge in [-0.3, -0.25) is 4.90 Å². The van der Waals surface area contributed by atoms with Gasteiger partial charge in [-0.05, 0) is 23.6 Å². The molecule has 5 heteroatoms. The van der Waals surface area contributed by atoms with E-state index >= 15 is 0 Å². The molecule has 25 heavy (non-hydrogen) atoms. The van der Waals surface area contributed by atoms with Crippen molar-refractivity contribution in [1.82, 2.24) is 19.5 Å². The number of ether oxygens (including phenoxy) is 1. The van der Waals surface area contributed by atoms with Gasteiger partial charge in [-0.25, -0.2) is 9.50 Å². The van der Waals surface area contributed by atoms with E-state index in [0.29, 0.717) is 12.1 Å². The third kappa shape index (κ3) is 2.65. The van der Waals surface area contributed by atoms with Crippen LogP contribution in [0.3, 0.4) is 0 Å². The Morgan fingerprint density at radius 1 is 1.12 bits per heavy atom. The van der Waals surface area contributed by atoms with Gasteiger partial charge in [0.15, 0.2) is 5.65 Å². The number of aromatic nitrogens is 3. The van der Waals surface area contributed by atoms with Crippen LogP contribution in [0.15, 0.2) is 61.1 Å². The molecule has 0 amide bonds. The zero-order chi connectivity index (χ0) is 16.6. The zero-order valence-electron chi connectivity index (χ0n) is 14.0. The fourth-order valence-corrected chi connectivity index (χ4v) is 3.96. The first kappa shape index (κ1) is 14.8. The van der Waals surface area contributed by atoms with E-state index in [9.17, 15) is 0 Å². The summed E-state index contributed by atoms with van der Waals surface area (Å²) in [6.07, 6.45) is 9.04. The van der Waals surface area contributed by atoms with Crippen LogP contribution in [0.25, 0.3) is 11.2 Å². The number of nitrogens with zero attached hydrogens (tertiary/aromatic N) is 4. The van der Waals surface area contributed by atoms with Crippen LogP contribution in [0.1, 0.15) is 17.5 Å². The van der Waals surface area contributed by atoms with Crippen molar-refractivity contribution in [2.24, 2.45) is 0 Å². The lowest BCUT2D eigenvalue weighted by Gasteiger charge is -2.44. The summed E-state index contributed by atoms with van der Waals surface area (Å²) in [6.45, 7) is 2.50. The molecule has 0 aliphatic carbocycles. The molecule has 5 nitrogen and oxygen atoms in total. The molecule has 2 atom stereocenters. The summed E-state index contributed by atoms with van der Waals surface area (Å²) in [7, 11) is 0. The van der Waals surface area contributed by atoms with E-state index in [4.69, 9.17) is 4.74 Å². The molecule has 2 bridgehead atoms. The summed E-state index contributed by atoms with van der Waals surface area (Å²) < 4.78 is 7.68. The molecular weight excluding hydrogens is 312 g/mol. The van der Waals surface area contributed by atoms with Crippen LogP contribution in [-0.2, 0) is 11.3 Å². The Labute approximate surface area is 146 Å². The van der Waals surface area contributed by atoms with Crippen molar-refractivity contribution < 1.29 is 4.74 Å². The highest BCUT2D eigenvalue weighted by atomic mass is 16.5. The van der Waals surface area contributed by atoms with Crippen LogP contribution in [0.4, 0.5) is 0 Å². The first-order valence-electron chi connectivity index (χ1n) is 8.75. The van der Waals surface area contributed by atoms with Crippen LogP contribution in [-0.4, -0.2) is 44.8 Å². The van der Waals surface area contributed by atoms with Crippen molar-refractivity contribution in [1.29, 1.82) is 0 Å². The molecular formula is C20H20N4O. The molecule has 3 aromatic rings. The van der Waals surface area contributed by atoms with Crippen molar-refractivity contribution in [3.8, 4) is 0 Å². The molecule has 0 N–H and O–H groups in total. The Balaban J connectivity index is 1.48. The largest absolute Gasteiger partial charge is 0.378 e. The lowest BCUT2D eigenvalue weighted by Crippen LogP contribution is -2.53. The SMILES string of the molecule is C1=C(c2cnn3cccnc23)CC2COCC1N2Cc1ccccc1. The van der Waals surface area contributed by atoms with Gasteiger partial charge >= 0.3 is 0 Å². The minimum absolute atomic E-state index is 0.307. The van der Waals surface area contributed by atoms with E-state index in [1.807, 2.05) is 29.2 Å². The third-order valence-electron chi connectivity index (χ3n) is 5.18. The second-order valence-electron chi connectivity index (χ2n) is 6.76. The quantitative estimate of drug-likeness (QED) is 0.740. The van der Waals surface area contributed by atoms with Crippen molar-refractivity contribution in [3.63, 3.8) is 0 Å². The number of hydrogen-bond acceptors (Lipinski definition) is 4. The Morgan fingerprint density at radius 3 is 2.92 bits per heavy atom. The van der Waals surface area contributed by atoms with E-state index in [2.05, 4.69) is 51.4 Å². The van der Waals surface area contributed by atoms with Crippen molar-refractivity contribution >= 4 is 11.2 Å². The van der Waals surface area contributed by atoms with Gasteiger partial charge in [-0.2, -0.15) is 5.10 Å². The number of hydrogen-bond donors (Lipinski definition) is 0. The van der Waals surface area contributed by atoms with Gasteiger partial charge in [0.25, 0.3) is 0 Å². The van der Waals surface area contributed by atoms with Crippen molar-refractivity contribution in [2.75, 3.05) is 13.2 Å². The highest BCUT2D eigenvalue weighted by molar-refractivity contribution is 5.76. The monoisotopic (exact) mass is 332 g/mol. The molecule has 4 heterocycles. The predicted molar refractivity (Wildman–Crippen MR) is 96.0 cm³/mol. The highest BCUT2D eigenvalue weighted by Crippen LogP contribution is 2.34. The Kier molecular flexibility index (Phi) is 3.61. The summed E-state index contributed by atoms with van der Waals surface area (Å²) in [5.41, 5.74) is 4.78. The van der Waals surface area contributed by atoms with Crippen LogP contribution in [0.2, 0.25) is 0 Å². The molecule has 0 saturated carbocycles. The van der Waals surface area contributed by atoms with Crippen molar-refractivity contribution in [2.45, 2.75) is 25.0 Å². The van der Waals surface area contributed by atoms with E-state index in [1.165, 1.54) is 11.1 Å². The molecule has 1 fully saturated rings. The lowest BCUT2D eigenvalue weighted by atomic mass is 9.90. The topological polar surface area (TPSA) is 42.7 Å². The Hall–Kier alpha value is -2.50. The third-order valence-corrected chi connectivity index (χ3v) is 5.18. The minimum atomic E-state index is 0.307. The van der Waals surface area contributed by atoms with Gasteiger partial charge in [0.2, 0.25) is 0 Å². The maximum absolute atomic E-state index is 5.83. The summed E-state index contributed by atoms with van der Waals surface area (Å²) in [5.74, 6) is 0. The maximum Gasteiger partial charge on any atom is 0.162 e. The first-order chi connectivity index (χ1) is 12.4. The average molecular weight is 332 g/mol. The van der Waals surface area contributed by atoms with E-state index in [-0.39, 0.29) is 0 Å². The van der Waals surface area contributed by atoms with Gasteiger partial charge in [0.05, 0.1) is 25.5 Å².